The minimum absolute atomic E-state index is 0.813. The third-order valence-corrected chi connectivity index (χ3v) is 8.15. The van der Waals surface area contributed by atoms with Crippen molar-refractivity contribution < 1.29 is 0 Å². The Morgan fingerprint density at radius 2 is 0.696 bits per heavy atom. The molecule has 0 fully saturated rings. The zero-order chi connectivity index (χ0) is 32.8. The molecular formula is C40H40N6. The number of hydrogen-bond donors (Lipinski definition) is 0. The van der Waals surface area contributed by atoms with Gasteiger partial charge < -0.3 is 0 Å². The predicted octanol–water partition coefficient (Wildman–Crippen LogP) is 10.3. The summed E-state index contributed by atoms with van der Waals surface area (Å²) in [6, 6.07) is 32.2. The fourth-order valence-electron chi connectivity index (χ4n) is 4.97. The molecule has 2 heterocycles. The van der Waals surface area contributed by atoms with Crippen LogP contribution < -0.4 is 0 Å². The summed E-state index contributed by atoms with van der Waals surface area (Å²) in [7, 11) is 0. The Kier molecular flexibility index (Phi) is 9.87. The fourth-order valence-corrected chi connectivity index (χ4v) is 4.97. The van der Waals surface area contributed by atoms with E-state index in [1.54, 1.807) is 0 Å². The summed E-state index contributed by atoms with van der Waals surface area (Å²) in [5, 5.41) is 0. The van der Waals surface area contributed by atoms with Crippen molar-refractivity contribution in [3.05, 3.63) is 142 Å². The molecule has 0 radical (unpaired) electrons. The predicted molar refractivity (Wildman–Crippen MR) is 194 cm³/mol. The highest BCUT2D eigenvalue weighted by molar-refractivity contribution is 6.03. The second-order valence-electron chi connectivity index (χ2n) is 11.6. The van der Waals surface area contributed by atoms with Crippen molar-refractivity contribution in [1.82, 2.24) is 9.97 Å². The van der Waals surface area contributed by atoms with Crippen molar-refractivity contribution in [2.24, 2.45) is 20.0 Å². The van der Waals surface area contributed by atoms with Gasteiger partial charge in [0.25, 0.3) is 0 Å². The molecule has 0 aliphatic rings. The van der Waals surface area contributed by atoms with Gasteiger partial charge in [-0.2, -0.15) is 0 Å². The summed E-state index contributed by atoms with van der Waals surface area (Å²) in [5.74, 6) is 0. The van der Waals surface area contributed by atoms with Gasteiger partial charge in [0.1, 0.15) is 0 Å². The number of nitrogens with zero attached hydrogens (tertiary/aromatic N) is 6. The van der Waals surface area contributed by atoms with E-state index in [4.69, 9.17) is 29.9 Å². The number of aliphatic imine (C=N–C) groups is 4. The zero-order valence-electron chi connectivity index (χ0n) is 27.9. The lowest BCUT2D eigenvalue weighted by molar-refractivity contribution is 1.23. The first kappa shape index (κ1) is 32.0. The highest BCUT2D eigenvalue weighted by atomic mass is 14.9. The number of pyridine rings is 2. The van der Waals surface area contributed by atoms with Crippen LogP contribution in [0.3, 0.4) is 0 Å². The molecule has 5 rings (SSSR count). The summed E-state index contributed by atoms with van der Waals surface area (Å²) in [4.78, 5) is 29.1. The minimum Gasteiger partial charge on any atom is -0.252 e. The van der Waals surface area contributed by atoms with Gasteiger partial charge in [0.05, 0.1) is 68.4 Å². The van der Waals surface area contributed by atoms with E-state index in [-0.39, 0.29) is 0 Å². The Labute approximate surface area is 272 Å². The Balaban J connectivity index is 1.31. The molecule has 0 spiro atoms. The highest BCUT2D eigenvalue weighted by Crippen LogP contribution is 2.24. The van der Waals surface area contributed by atoms with Crippen LogP contribution in [0.25, 0.3) is 0 Å². The van der Waals surface area contributed by atoms with E-state index in [1.165, 1.54) is 22.3 Å². The van der Waals surface area contributed by atoms with Gasteiger partial charge in [-0.3, -0.25) is 20.0 Å². The average Bonchev–Trinajstić information content (AvgIpc) is 3.06. The first-order valence-electron chi connectivity index (χ1n) is 15.5. The van der Waals surface area contributed by atoms with Gasteiger partial charge in [-0.1, -0.05) is 36.4 Å². The maximum absolute atomic E-state index is 4.86. The van der Waals surface area contributed by atoms with Crippen LogP contribution in [-0.4, -0.2) is 32.8 Å². The molecule has 0 aliphatic heterocycles. The lowest BCUT2D eigenvalue weighted by atomic mass is 10.1. The smallest absolute Gasteiger partial charge is 0.0849 e. The van der Waals surface area contributed by atoms with Gasteiger partial charge in [-0.05, 0) is 138 Å². The van der Waals surface area contributed by atoms with Crippen LogP contribution in [0.5, 0.6) is 0 Å². The third kappa shape index (κ3) is 7.64. The van der Waals surface area contributed by atoms with Crippen LogP contribution in [0, 0.1) is 27.7 Å². The fraction of sp³-hybridized carbons (Fsp3) is 0.200. The molecule has 6 heteroatoms. The van der Waals surface area contributed by atoms with Crippen LogP contribution >= 0.6 is 0 Å². The third-order valence-electron chi connectivity index (χ3n) is 8.15. The summed E-state index contributed by atoms with van der Waals surface area (Å²) in [5.41, 5.74) is 15.1. The largest absolute Gasteiger partial charge is 0.252 e. The van der Waals surface area contributed by atoms with Crippen molar-refractivity contribution in [2.45, 2.75) is 55.4 Å². The molecule has 0 N–H and O–H groups in total. The zero-order valence-corrected chi connectivity index (χ0v) is 27.9. The van der Waals surface area contributed by atoms with Gasteiger partial charge in [0, 0.05) is 0 Å². The molecule has 0 aliphatic carbocycles. The van der Waals surface area contributed by atoms with E-state index >= 15 is 0 Å². The normalized spacial score (nSPS) is 12.9. The molecule has 0 bridgehead atoms. The second-order valence-corrected chi connectivity index (χ2v) is 11.6. The molecule has 0 amide bonds. The van der Waals surface area contributed by atoms with Crippen LogP contribution in [0.15, 0.2) is 117 Å². The van der Waals surface area contributed by atoms with Crippen LogP contribution in [0.2, 0.25) is 0 Å². The quantitative estimate of drug-likeness (QED) is 0.165. The first-order valence-corrected chi connectivity index (χ1v) is 15.5. The van der Waals surface area contributed by atoms with Crippen LogP contribution in [0.1, 0.15) is 72.7 Å². The molecule has 2 aromatic heterocycles. The maximum Gasteiger partial charge on any atom is 0.0849 e. The lowest BCUT2D eigenvalue weighted by Gasteiger charge is -2.08. The number of aryl methyl sites for hydroxylation is 2. The Hall–Kier alpha value is -5.36. The summed E-state index contributed by atoms with van der Waals surface area (Å²) >= 11 is 0. The van der Waals surface area contributed by atoms with E-state index in [0.717, 1.165) is 68.4 Å². The topological polar surface area (TPSA) is 75.2 Å². The van der Waals surface area contributed by atoms with Gasteiger partial charge >= 0.3 is 0 Å². The average molecular weight is 605 g/mol. The molecule has 6 nitrogen and oxygen atoms in total. The van der Waals surface area contributed by atoms with E-state index < -0.39 is 0 Å². The minimum atomic E-state index is 0.813. The lowest BCUT2D eigenvalue weighted by Crippen LogP contribution is -2.05. The number of benzene rings is 3. The molecule has 0 saturated carbocycles. The summed E-state index contributed by atoms with van der Waals surface area (Å²) < 4.78 is 0. The second kappa shape index (κ2) is 14.2. The van der Waals surface area contributed by atoms with Crippen molar-refractivity contribution in [3.63, 3.8) is 0 Å². The van der Waals surface area contributed by atoms with E-state index in [9.17, 15) is 0 Å². The van der Waals surface area contributed by atoms with Crippen LogP contribution in [-0.2, 0) is 0 Å². The molecule has 46 heavy (non-hydrogen) atoms. The van der Waals surface area contributed by atoms with E-state index in [2.05, 4.69) is 39.8 Å². The van der Waals surface area contributed by atoms with Gasteiger partial charge in [-0.25, -0.2) is 9.97 Å². The summed E-state index contributed by atoms with van der Waals surface area (Å²) in [6.45, 7) is 16.3. The van der Waals surface area contributed by atoms with Crippen molar-refractivity contribution >= 4 is 45.6 Å². The number of hydrogen-bond acceptors (Lipinski definition) is 6. The molecule has 3 aromatic carbocycles. The standard InChI is InChI=1S/C40H40N6/c1-25-13-9-15-35(27(25)3)43-31(7)39-19-11-17-37(45-39)29(5)41-33-21-23-34(24-22-33)42-30(6)38-18-12-20-40(46-38)32(8)44-36-16-10-14-26(2)28(36)4/h9-24H,1-8H3/b41-29+,42-30+,43-31+,44-32+. The van der Waals surface area contributed by atoms with E-state index in [1.807, 2.05) is 113 Å². The molecular weight excluding hydrogens is 564 g/mol. The molecule has 0 saturated heterocycles. The molecule has 230 valence electrons. The van der Waals surface area contributed by atoms with Gasteiger partial charge in [0.15, 0.2) is 0 Å². The van der Waals surface area contributed by atoms with Gasteiger partial charge in [-0.15, -0.1) is 0 Å². The van der Waals surface area contributed by atoms with E-state index in [0.29, 0.717) is 0 Å². The van der Waals surface area contributed by atoms with Gasteiger partial charge in [0.2, 0.25) is 0 Å². The SMILES string of the molecule is C/C(=N\c1ccc(/N=C(\C)c2cccc(/C(C)=N/c3cccc(C)c3C)n2)cc1)c1cccc(/C(C)=N/c2cccc(C)c2C)n1. The van der Waals surface area contributed by atoms with Crippen molar-refractivity contribution in [2.75, 3.05) is 0 Å². The molecule has 0 unspecified atom stereocenters. The monoisotopic (exact) mass is 604 g/mol. The maximum atomic E-state index is 4.86. The van der Waals surface area contributed by atoms with Crippen molar-refractivity contribution in [3.8, 4) is 0 Å². The summed E-state index contributed by atoms with van der Waals surface area (Å²) in [6.07, 6.45) is 0. The molecule has 0 atom stereocenters. The number of aromatic nitrogens is 2. The van der Waals surface area contributed by atoms with Crippen molar-refractivity contribution in [1.29, 1.82) is 0 Å². The highest BCUT2D eigenvalue weighted by Gasteiger charge is 2.08. The number of rotatable bonds is 8. The molecule has 5 aromatic rings. The Bertz CT molecular complexity index is 1870. The first-order chi connectivity index (χ1) is 22.1. The Morgan fingerprint density at radius 3 is 1.04 bits per heavy atom. The Morgan fingerprint density at radius 1 is 0.391 bits per heavy atom. The van der Waals surface area contributed by atoms with Crippen LogP contribution in [0.4, 0.5) is 22.7 Å².